The Kier molecular flexibility index (Phi) is 4.57. The van der Waals surface area contributed by atoms with E-state index in [1.165, 1.54) is 18.0 Å². The van der Waals surface area contributed by atoms with Crippen LogP contribution in [0.3, 0.4) is 0 Å². The third-order valence-electron chi connectivity index (χ3n) is 3.11. The first-order valence-corrected chi connectivity index (χ1v) is 6.94. The summed E-state index contributed by atoms with van der Waals surface area (Å²) in [6, 6.07) is 8.56. The molecule has 21 heavy (non-hydrogen) atoms. The van der Waals surface area contributed by atoms with Crippen LogP contribution in [0.2, 0.25) is 0 Å². The average Bonchev–Trinajstić information content (AvgIpc) is 2.42. The number of amides is 1. The molecular weight excluding hydrogens is 342 g/mol. The molecular formula is C15H13BrF2N2O. The van der Waals surface area contributed by atoms with Gasteiger partial charge in [-0.1, -0.05) is 22.0 Å². The van der Waals surface area contributed by atoms with Crippen LogP contribution in [-0.4, -0.2) is 13.0 Å². The largest absolute Gasteiger partial charge is 0.397 e. The van der Waals surface area contributed by atoms with Gasteiger partial charge in [-0.05, 0) is 30.3 Å². The molecule has 0 atom stereocenters. The molecule has 0 aliphatic rings. The molecule has 110 valence electrons. The van der Waals surface area contributed by atoms with Gasteiger partial charge < -0.3 is 10.6 Å². The number of nitrogens with two attached hydrogens (primary N) is 1. The molecule has 0 saturated carbocycles. The number of hydrogen-bond donors (Lipinski definition) is 1. The number of halogens is 3. The maximum Gasteiger partial charge on any atom is 0.231 e. The summed E-state index contributed by atoms with van der Waals surface area (Å²) in [5, 5.41) is 0. The van der Waals surface area contributed by atoms with E-state index in [0.29, 0.717) is 11.4 Å². The summed E-state index contributed by atoms with van der Waals surface area (Å²) in [5.41, 5.74) is 6.48. The third kappa shape index (κ3) is 3.39. The van der Waals surface area contributed by atoms with Gasteiger partial charge >= 0.3 is 0 Å². The number of nitrogens with zero attached hydrogens (tertiary/aromatic N) is 1. The second kappa shape index (κ2) is 6.22. The number of carbonyl (C=O) groups is 1. The quantitative estimate of drug-likeness (QED) is 0.857. The van der Waals surface area contributed by atoms with E-state index in [9.17, 15) is 13.6 Å². The van der Waals surface area contributed by atoms with Gasteiger partial charge in [-0.3, -0.25) is 4.79 Å². The van der Waals surface area contributed by atoms with E-state index in [4.69, 9.17) is 5.73 Å². The lowest BCUT2D eigenvalue weighted by atomic mass is 10.1. The Hall–Kier alpha value is -1.95. The first-order chi connectivity index (χ1) is 9.90. The molecule has 0 aromatic heterocycles. The topological polar surface area (TPSA) is 46.3 Å². The summed E-state index contributed by atoms with van der Waals surface area (Å²) in [6.07, 6.45) is -0.371. The second-order valence-corrected chi connectivity index (χ2v) is 5.45. The number of carbonyl (C=O) groups excluding carboxylic acids is 1. The van der Waals surface area contributed by atoms with Crippen molar-refractivity contribution >= 4 is 33.2 Å². The van der Waals surface area contributed by atoms with Crippen molar-refractivity contribution in [1.82, 2.24) is 0 Å². The lowest BCUT2D eigenvalue weighted by Gasteiger charge is -2.19. The maximum absolute atomic E-state index is 13.6. The van der Waals surface area contributed by atoms with E-state index in [2.05, 4.69) is 15.9 Å². The van der Waals surface area contributed by atoms with E-state index in [1.807, 2.05) is 0 Å². The van der Waals surface area contributed by atoms with Crippen molar-refractivity contribution in [2.24, 2.45) is 0 Å². The van der Waals surface area contributed by atoms with Crippen molar-refractivity contribution in [3.63, 3.8) is 0 Å². The van der Waals surface area contributed by atoms with Crippen molar-refractivity contribution in [2.45, 2.75) is 6.42 Å². The zero-order chi connectivity index (χ0) is 15.6. The molecule has 0 saturated heterocycles. The number of benzene rings is 2. The number of rotatable bonds is 3. The fourth-order valence-corrected chi connectivity index (χ4v) is 2.31. The first-order valence-electron chi connectivity index (χ1n) is 6.14. The van der Waals surface area contributed by atoms with Crippen molar-refractivity contribution in [2.75, 3.05) is 17.7 Å². The maximum atomic E-state index is 13.6. The van der Waals surface area contributed by atoms with E-state index < -0.39 is 17.5 Å². The zero-order valence-electron chi connectivity index (χ0n) is 11.2. The molecule has 6 heteroatoms. The fourth-order valence-electron chi connectivity index (χ4n) is 1.94. The van der Waals surface area contributed by atoms with Crippen LogP contribution in [0.25, 0.3) is 0 Å². The standard InChI is InChI=1S/C15H13BrF2N2O/c1-20(14-6-5-9(16)7-13(14)19)15(21)8-10-11(17)3-2-4-12(10)18/h2-7H,8,19H2,1H3. The van der Waals surface area contributed by atoms with Gasteiger partial charge in [0.25, 0.3) is 0 Å². The highest BCUT2D eigenvalue weighted by Crippen LogP contribution is 2.26. The summed E-state index contributed by atoms with van der Waals surface area (Å²) in [4.78, 5) is 13.5. The van der Waals surface area contributed by atoms with Crippen LogP contribution in [0.5, 0.6) is 0 Å². The molecule has 2 rings (SSSR count). The molecule has 0 radical (unpaired) electrons. The van der Waals surface area contributed by atoms with Gasteiger partial charge in [0.2, 0.25) is 5.91 Å². The molecule has 2 aromatic rings. The van der Waals surface area contributed by atoms with Crippen LogP contribution < -0.4 is 10.6 Å². The van der Waals surface area contributed by atoms with Crippen LogP contribution in [0.1, 0.15) is 5.56 Å². The molecule has 0 fully saturated rings. The normalized spacial score (nSPS) is 10.5. The van der Waals surface area contributed by atoms with Crippen LogP contribution in [-0.2, 0) is 11.2 Å². The molecule has 3 nitrogen and oxygen atoms in total. The van der Waals surface area contributed by atoms with E-state index >= 15 is 0 Å². The van der Waals surface area contributed by atoms with E-state index in [1.54, 1.807) is 18.2 Å². The molecule has 0 spiro atoms. The van der Waals surface area contributed by atoms with Gasteiger partial charge in [-0.15, -0.1) is 0 Å². The van der Waals surface area contributed by atoms with Crippen LogP contribution in [0, 0.1) is 11.6 Å². The number of nitrogen functional groups attached to an aromatic ring is 1. The predicted octanol–water partition coefficient (Wildman–Crippen LogP) is 3.52. The molecule has 0 unspecified atom stereocenters. The Morgan fingerprint density at radius 2 is 1.86 bits per heavy atom. The molecule has 2 aromatic carbocycles. The summed E-state index contributed by atoms with van der Waals surface area (Å²) >= 11 is 3.27. The number of hydrogen-bond acceptors (Lipinski definition) is 2. The van der Waals surface area contributed by atoms with Crippen LogP contribution in [0.4, 0.5) is 20.2 Å². The fraction of sp³-hybridized carbons (Fsp3) is 0.133. The van der Waals surface area contributed by atoms with E-state index in [-0.39, 0.29) is 12.0 Å². The summed E-state index contributed by atoms with van der Waals surface area (Å²) in [6.45, 7) is 0. The smallest absolute Gasteiger partial charge is 0.231 e. The summed E-state index contributed by atoms with van der Waals surface area (Å²) in [5.74, 6) is -1.92. The monoisotopic (exact) mass is 354 g/mol. The molecule has 0 bridgehead atoms. The second-order valence-electron chi connectivity index (χ2n) is 4.53. The minimum atomic E-state index is -0.736. The molecule has 2 N–H and O–H groups in total. The Morgan fingerprint density at radius 3 is 2.43 bits per heavy atom. The summed E-state index contributed by atoms with van der Waals surface area (Å²) < 4.78 is 27.9. The van der Waals surface area contributed by atoms with Crippen LogP contribution >= 0.6 is 15.9 Å². The highest BCUT2D eigenvalue weighted by molar-refractivity contribution is 9.10. The summed E-state index contributed by atoms with van der Waals surface area (Å²) in [7, 11) is 1.51. The predicted molar refractivity (Wildman–Crippen MR) is 82.0 cm³/mol. The lowest BCUT2D eigenvalue weighted by Crippen LogP contribution is -2.29. The van der Waals surface area contributed by atoms with Gasteiger partial charge in [-0.2, -0.15) is 0 Å². The van der Waals surface area contributed by atoms with Crippen molar-refractivity contribution in [1.29, 1.82) is 0 Å². The van der Waals surface area contributed by atoms with Gasteiger partial charge in [0.1, 0.15) is 11.6 Å². The van der Waals surface area contributed by atoms with Gasteiger partial charge in [-0.25, -0.2) is 8.78 Å². The van der Waals surface area contributed by atoms with Crippen molar-refractivity contribution in [3.8, 4) is 0 Å². The molecule has 0 aliphatic carbocycles. The Bertz CT molecular complexity index is 671. The average molecular weight is 355 g/mol. The first kappa shape index (κ1) is 15.4. The van der Waals surface area contributed by atoms with Gasteiger partial charge in [0.05, 0.1) is 17.8 Å². The zero-order valence-corrected chi connectivity index (χ0v) is 12.8. The highest BCUT2D eigenvalue weighted by atomic mass is 79.9. The molecule has 0 aliphatic heterocycles. The van der Waals surface area contributed by atoms with Crippen molar-refractivity contribution in [3.05, 3.63) is 58.1 Å². The number of likely N-dealkylation sites (N-methyl/N-ethyl adjacent to an activating group) is 1. The van der Waals surface area contributed by atoms with E-state index in [0.717, 1.165) is 16.6 Å². The highest BCUT2D eigenvalue weighted by Gasteiger charge is 2.18. The third-order valence-corrected chi connectivity index (χ3v) is 3.61. The van der Waals surface area contributed by atoms with Crippen LogP contribution in [0.15, 0.2) is 40.9 Å². The minimum Gasteiger partial charge on any atom is -0.397 e. The molecule has 1 amide bonds. The Balaban J connectivity index is 2.24. The Labute approximate surface area is 129 Å². The number of anilines is 2. The minimum absolute atomic E-state index is 0.245. The lowest BCUT2D eigenvalue weighted by molar-refractivity contribution is -0.117. The van der Waals surface area contributed by atoms with Crippen molar-refractivity contribution < 1.29 is 13.6 Å². The molecule has 0 heterocycles. The Morgan fingerprint density at radius 1 is 1.24 bits per heavy atom. The van der Waals surface area contributed by atoms with Gasteiger partial charge in [0, 0.05) is 17.1 Å². The SMILES string of the molecule is CN(C(=O)Cc1c(F)cccc1F)c1ccc(Br)cc1N. The van der Waals surface area contributed by atoms with Gasteiger partial charge in [0.15, 0.2) is 0 Å².